The average Bonchev–Trinajstić information content (AvgIpc) is 3.24. The molecule has 0 saturated carbocycles. The van der Waals surface area contributed by atoms with Crippen LogP contribution in [0.15, 0.2) is 42.0 Å². The van der Waals surface area contributed by atoms with E-state index in [1.165, 1.54) is 31.5 Å². The number of nitrogens with zero attached hydrogens (tertiary/aromatic N) is 4. The van der Waals surface area contributed by atoms with Crippen LogP contribution in [-0.2, 0) is 9.53 Å². The molecule has 0 saturated heterocycles. The summed E-state index contributed by atoms with van der Waals surface area (Å²) in [7, 11) is 1.36. The van der Waals surface area contributed by atoms with E-state index in [2.05, 4.69) is 20.3 Å². The molecule has 1 atom stereocenters. The van der Waals surface area contributed by atoms with Gasteiger partial charge in [0.1, 0.15) is 5.75 Å². The van der Waals surface area contributed by atoms with Crippen LogP contribution in [0.3, 0.4) is 0 Å². The first-order chi connectivity index (χ1) is 14.4. The van der Waals surface area contributed by atoms with Gasteiger partial charge >= 0.3 is 5.97 Å². The first kappa shape index (κ1) is 20.8. The summed E-state index contributed by atoms with van der Waals surface area (Å²) in [6, 6.07) is 5.40. The van der Waals surface area contributed by atoms with E-state index in [9.17, 15) is 19.7 Å². The molecular weight excluding hydrogens is 414 g/mol. The van der Waals surface area contributed by atoms with Crippen molar-refractivity contribution in [1.29, 1.82) is 0 Å². The number of aromatic nitrogens is 3. The van der Waals surface area contributed by atoms with E-state index in [0.29, 0.717) is 10.8 Å². The third-order valence-electron chi connectivity index (χ3n) is 3.78. The monoisotopic (exact) mass is 429 g/mol. The van der Waals surface area contributed by atoms with Crippen LogP contribution in [0.2, 0.25) is 0 Å². The molecule has 0 spiro atoms. The van der Waals surface area contributed by atoms with Crippen molar-refractivity contribution in [1.82, 2.24) is 15.0 Å². The van der Waals surface area contributed by atoms with E-state index >= 15 is 0 Å². The molecule has 30 heavy (non-hydrogen) atoms. The lowest BCUT2D eigenvalue weighted by Crippen LogP contribution is -2.30. The number of non-ortho nitro benzene ring substituents is 1. The highest BCUT2D eigenvalue weighted by Gasteiger charge is 2.23. The van der Waals surface area contributed by atoms with Crippen molar-refractivity contribution < 1.29 is 24.0 Å². The molecule has 11 nitrogen and oxygen atoms in total. The quantitative estimate of drug-likeness (QED) is 0.340. The number of amides is 1. The Bertz CT molecular complexity index is 1090. The van der Waals surface area contributed by atoms with Gasteiger partial charge in [-0.25, -0.2) is 19.7 Å². The first-order valence-corrected chi connectivity index (χ1v) is 9.34. The number of anilines is 1. The fraction of sp³-hybridized carbons (Fsp3) is 0.167. The van der Waals surface area contributed by atoms with E-state index in [0.717, 1.165) is 17.4 Å². The van der Waals surface area contributed by atoms with E-state index in [1.54, 1.807) is 18.5 Å². The van der Waals surface area contributed by atoms with E-state index in [4.69, 9.17) is 9.47 Å². The number of benzene rings is 1. The third kappa shape index (κ3) is 4.72. The summed E-state index contributed by atoms with van der Waals surface area (Å²) >= 11 is 1.16. The van der Waals surface area contributed by atoms with Crippen molar-refractivity contribution in [3.05, 3.63) is 57.8 Å². The number of ether oxygens (including phenoxy) is 2. The van der Waals surface area contributed by atoms with Crippen LogP contribution in [0.25, 0.3) is 10.8 Å². The molecule has 1 N–H and O–H groups in total. The van der Waals surface area contributed by atoms with Gasteiger partial charge in [0.25, 0.3) is 11.6 Å². The van der Waals surface area contributed by atoms with Crippen molar-refractivity contribution in [3.63, 3.8) is 0 Å². The van der Waals surface area contributed by atoms with Crippen LogP contribution >= 0.6 is 11.3 Å². The third-order valence-corrected chi connectivity index (χ3v) is 4.61. The molecule has 0 radical (unpaired) electrons. The molecule has 12 heteroatoms. The second kappa shape index (κ2) is 9.05. The number of carbonyl (C=O) groups excluding carboxylic acids is 2. The standard InChI is InChI=1S/C18H15N5O6S/c1-10(16(24)21-12-8-11(23(26)27)4-5-14(12)28-2)29-18(25)13-9-30-17(22-13)15-19-6-3-7-20-15/h3-10H,1-2H3,(H,21,24). The summed E-state index contributed by atoms with van der Waals surface area (Å²) in [5.41, 5.74) is -0.138. The van der Waals surface area contributed by atoms with Gasteiger partial charge in [-0.05, 0) is 19.1 Å². The molecule has 0 aliphatic rings. The summed E-state index contributed by atoms with van der Waals surface area (Å²) in [5, 5.41) is 15.3. The number of thiazole rings is 1. The smallest absolute Gasteiger partial charge is 0.358 e. The minimum atomic E-state index is -1.19. The lowest BCUT2D eigenvalue weighted by atomic mass is 10.2. The normalized spacial score (nSPS) is 11.4. The topological polar surface area (TPSA) is 146 Å². The van der Waals surface area contributed by atoms with Crippen LogP contribution in [0.5, 0.6) is 5.75 Å². The highest BCUT2D eigenvalue weighted by Crippen LogP contribution is 2.29. The Morgan fingerprint density at radius 1 is 1.27 bits per heavy atom. The Hall–Kier alpha value is -3.93. The van der Waals surface area contributed by atoms with Gasteiger partial charge in [-0.2, -0.15) is 0 Å². The molecular formula is C18H15N5O6S. The van der Waals surface area contributed by atoms with Gasteiger partial charge in [-0.3, -0.25) is 14.9 Å². The van der Waals surface area contributed by atoms with Gasteiger partial charge < -0.3 is 14.8 Å². The zero-order valence-electron chi connectivity index (χ0n) is 15.8. The molecule has 3 aromatic rings. The van der Waals surface area contributed by atoms with Crippen LogP contribution < -0.4 is 10.1 Å². The molecule has 2 aromatic heterocycles. The Labute approximate surface area is 173 Å². The molecule has 0 fully saturated rings. The summed E-state index contributed by atoms with van der Waals surface area (Å²) in [6.07, 6.45) is 1.91. The van der Waals surface area contributed by atoms with Gasteiger partial charge in [-0.15, -0.1) is 11.3 Å². The number of esters is 1. The van der Waals surface area contributed by atoms with Gasteiger partial charge in [0.15, 0.2) is 22.6 Å². The van der Waals surface area contributed by atoms with Gasteiger partial charge in [0.05, 0.1) is 17.7 Å². The minimum Gasteiger partial charge on any atom is -0.495 e. The Kier molecular flexibility index (Phi) is 6.27. The predicted octanol–water partition coefficient (Wildman–Crippen LogP) is 2.70. The second-order valence-corrected chi connectivity index (χ2v) is 6.65. The maximum absolute atomic E-state index is 12.4. The van der Waals surface area contributed by atoms with Crippen molar-refractivity contribution >= 4 is 34.6 Å². The van der Waals surface area contributed by atoms with Crippen molar-refractivity contribution in [2.45, 2.75) is 13.0 Å². The second-order valence-electron chi connectivity index (χ2n) is 5.79. The molecule has 2 heterocycles. The Morgan fingerprint density at radius 2 is 2.00 bits per heavy atom. The average molecular weight is 429 g/mol. The number of hydrogen-bond donors (Lipinski definition) is 1. The van der Waals surface area contributed by atoms with Crippen molar-refractivity contribution in [3.8, 4) is 16.6 Å². The number of nitrogens with one attached hydrogen (secondary N) is 1. The minimum absolute atomic E-state index is 0.00929. The molecule has 3 rings (SSSR count). The lowest BCUT2D eigenvalue weighted by molar-refractivity contribution is -0.384. The maximum Gasteiger partial charge on any atom is 0.358 e. The van der Waals surface area contributed by atoms with Crippen LogP contribution in [0, 0.1) is 10.1 Å². The number of nitro groups is 1. The molecule has 1 aromatic carbocycles. The maximum atomic E-state index is 12.4. The van der Waals surface area contributed by atoms with Crippen LogP contribution in [-0.4, -0.2) is 45.0 Å². The van der Waals surface area contributed by atoms with Gasteiger partial charge in [-0.1, -0.05) is 0 Å². The predicted molar refractivity (Wildman–Crippen MR) is 106 cm³/mol. The highest BCUT2D eigenvalue weighted by atomic mass is 32.1. The zero-order valence-corrected chi connectivity index (χ0v) is 16.6. The number of hydrogen-bond acceptors (Lipinski definition) is 10. The number of rotatable bonds is 7. The lowest BCUT2D eigenvalue weighted by Gasteiger charge is -2.14. The SMILES string of the molecule is COc1ccc([N+](=O)[O-])cc1NC(=O)C(C)OC(=O)c1csc(-c2ncccn2)n1. The Balaban J connectivity index is 1.67. The summed E-state index contributed by atoms with van der Waals surface area (Å²) in [6.45, 7) is 1.37. The summed E-state index contributed by atoms with van der Waals surface area (Å²) in [4.78, 5) is 47.3. The number of nitro benzene ring substituents is 1. The van der Waals surface area contributed by atoms with Crippen LogP contribution in [0.1, 0.15) is 17.4 Å². The largest absolute Gasteiger partial charge is 0.495 e. The van der Waals surface area contributed by atoms with E-state index in [1.807, 2.05) is 0 Å². The molecule has 154 valence electrons. The van der Waals surface area contributed by atoms with Crippen LogP contribution in [0.4, 0.5) is 11.4 Å². The van der Waals surface area contributed by atoms with E-state index < -0.39 is 22.9 Å². The fourth-order valence-electron chi connectivity index (χ4n) is 2.30. The highest BCUT2D eigenvalue weighted by molar-refractivity contribution is 7.13. The van der Waals surface area contributed by atoms with Crippen molar-refractivity contribution in [2.75, 3.05) is 12.4 Å². The number of methoxy groups -OCH3 is 1. The van der Waals surface area contributed by atoms with E-state index in [-0.39, 0.29) is 22.8 Å². The van der Waals surface area contributed by atoms with Gasteiger partial charge in [0, 0.05) is 29.9 Å². The summed E-state index contributed by atoms with van der Waals surface area (Å²) < 4.78 is 10.2. The molecule has 0 bridgehead atoms. The zero-order chi connectivity index (χ0) is 21.7. The van der Waals surface area contributed by atoms with Crippen molar-refractivity contribution in [2.24, 2.45) is 0 Å². The molecule has 1 amide bonds. The Morgan fingerprint density at radius 3 is 2.67 bits per heavy atom. The summed E-state index contributed by atoms with van der Waals surface area (Å²) in [5.74, 6) is -0.907. The molecule has 0 aliphatic heterocycles. The number of carbonyl (C=O) groups is 2. The molecule has 1 unspecified atom stereocenters. The van der Waals surface area contributed by atoms with Gasteiger partial charge in [0.2, 0.25) is 0 Å². The first-order valence-electron chi connectivity index (χ1n) is 8.46. The molecule has 0 aliphatic carbocycles. The fourth-order valence-corrected chi connectivity index (χ4v) is 3.03.